The highest BCUT2D eigenvalue weighted by molar-refractivity contribution is 6.26. The summed E-state index contributed by atoms with van der Waals surface area (Å²) in [6.07, 6.45) is 0. The number of fused-ring (bicyclic) bond motifs is 6. The molecule has 0 saturated heterocycles. The molecule has 0 radical (unpaired) electrons. The van der Waals surface area contributed by atoms with Gasteiger partial charge in [0, 0.05) is 16.3 Å². The third kappa shape index (κ3) is 4.40. The van der Waals surface area contributed by atoms with Crippen molar-refractivity contribution in [1.82, 2.24) is 0 Å². The van der Waals surface area contributed by atoms with E-state index in [9.17, 15) is 12.3 Å². The standard InChI is InChI=1S/C48H30O/c1-2-14-32(15-3-1)37-23-11-25-43-47-42(24-12-26-44(47)49-48(37)43)46-40-21-8-6-19-38(40)45(39-20-7-9-22-41(39)46)36-18-10-17-34(30-36)35-28-27-31-13-4-5-16-33(31)29-35/h1-30H/i1D,2D,3D,4D,5D,6D,7D,8D,9D,10D,11D,12D,13D,14D,15D,16D,18D,19D,20D,21D,22D,23D,24D,25D,26D,27D,28D,29D,30D. The summed E-state index contributed by atoms with van der Waals surface area (Å²) in [6.45, 7) is 0. The first-order valence-electron chi connectivity index (χ1n) is 29.0. The predicted octanol–water partition coefficient (Wildman–Crippen LogP) is 13.7. The van der Waals surface area contributed by atoms with E-state index >= 15 is 0 Å². The number of rotatable bonds is 4. The molecule has 0 amide bonds. The van der Waals surface area contributed by atoms with Crippen molar-refractivity contribution in [2.75, 3.05) is 0 Å². The molecule has 49 heavy (non-hydrogen) atoms. The van der Waals surface area contributed by atoms with Crippen LogP contribution in [0.2, 0.25) is 0 Å². The van der Waals surface area contributed by atoms with Gasteiger partial charge in [-0.1, -0.05) is 163 Å². The quantitative estimate of drug-likeness (QED) is 0.173. The van der Waals surface area contributed by atoms with E-state index in [1.807, 2.05) is 0 Å². The van der Waals surface area contributed by atoms with Gasteiger partial charge in [-0.2, -0.15) is 0 Å². The van der Waals surface area contributed by atoms with Crippen LogP contribution >= 0.6 is 0 Å². The largest absolute Gasteiger partial charge is 0.455 e. The molecule has 0 N–H and O–H groups in total. The minimum Gasteiger partial charge on any atom is -0.455 e. The van der Waals surface area contributed by atoms with Gasteiger partial charge in [0.25, 0.3) is 0 Å². The zero-order valence-electron chi connectivity index (χ0n) is 53.5. The summed E-state index contributed by atoms with van der Waals surface area (Å²) in [7, 11) is 0. The molecule has 0 aliphatic rings. The van der Waals surface area contributed by atoms with Crippen molar-refractivity contribution in [2.45, 2.75) is 0 Å². The fourth-order valence-electron chi connectivity index (χ4n) is 5.90. The maximum atomic E-state index is 9.83. The number of furan rings is 1. The van der Waals surface area contributed by atoms with Gasteiger partial charge in [-0.3, -0.25) is 0 Å². The maximum absolute atomic E-state index is 9.83. The van der Waals surface area contributed by atoms with Crippen molar-refractivity contribution in [3.05, 3.63) is 181 Å². The minimum absolute atomic E-state index is 0.529. The van der Waals surface area contributed by atoms with Crippen LogP contribution in [0.3, 0.4) is 0 Å². The van der Waals surface area contributed by atoms with Gasteiger partial charge >= 0.3 is 0 Å². The average molecular weight is 652 g/mol. The van der Waals surface area contributed by atoms with Gasteiger partial charge in [0.05, 0.1) is 39.8 Å². The van der Waals surface area contributed by atoms with Crippen molar-refractivity contribution in [2.24, 2.45) is 0 Å². The van der Waals surface area contributed by atoms with Gasteiger partial charge in [-0.05, 0) is 89.4 Å². The molecule has 1 nitrogen and oxygen atoms in total. The Balaban J connectivity index is 1.50. The summed E-state index contributed by atoms with van der Waals surface area (Å²) in [5.74, 6) is 0. The third-order valence-electron chi connectivity index (χ3n) is 7.94. The van der Waals surface area contributed by atoms with E-state index in [2.05, 4.69) is 0 Å². The molecular weight excluding hydrogens is 593 g/mol. The molecule has 1 heteroatoms. The monoisotopic (exact) mass is 651 g/mol. The zero-order valence-corrected chi connectivity index (χ0v) is 24.5. The molecule has 10 rings (SSSR count). The minimum atomic E-state index is -1.02. The van der Waals surface area contributed by atoms with Gasteiger partial charge in [-0.25, -0.2) is 0 Å². The molecule has 0 spiro atoms. The first-order valence-corrected chi connectivity index (χ1v) is 14.5. The van der Waals surface area contributed by atoms with Gasteiger partial charge < -0.3 is 4.42 Å². The Bertz CT molecular complexity index is 4430. The maximum Gasteiger partial charge on any atom is 0.143 e. The first kappa shape index (κ1) is 11.3. The Morgan fingerprint density at radius 2 is 0.980 bits per heavy atom. The van der Waals surface area contributed by atoms with Crippen molar-refractivity contribution in [3.8, 4) is 44.5 Å². The third-order valence-corrected chi connectivity index (χ3v) is 7.94. The van der Waals surface area contributed by atoms with E-state index in [1.54, 1.807) is 0 Å². The summed E-state index contributed by atoms with van der Waals surface area (Å²) in [4.78, 5) is 0. The molecule has 1 aromatic heterocycles. The van der Waals surface area contributed by atoms with E-state index in [1.165, 1.54) is 0 Å². The van der Waals surface area contributed by atoms with Crippen LogP contribution in [0.5, 0.6) is 0 Å². The molecule has 0 aliphatic carbocycles. The van der Waals surface area contributed by atoms with E-state index in [-0.39, 0.29) is 0 Å². The Morgan fingerprint density at radius 1 is 0.367 bits per heavy atom. The second kappa shape index (κ2) is 11.1. The fourth-order valence-corrected chi connectivity index (χ4v) is 5.90. The number of hydrogen-bond donors (Lipinski definition) is 0. The zero-order chi connectivity index (χ0) is 57.5. The van der Waals surface area contributed by atoms with E-state index in [4.69, 9.17) is 31.8 Å². The second-order valence-electron chi connectivity index (χ2n) is 10.6. The summed E-state index contributed by atoms with van der Waals surface area (Å²) >= 11 is 0. The highest BCUT2D eigenvalue weighted by Crippen LogP contribution is 2.48. The molecule has 0 bridgehead atoms. The highest BCUT2D eigenvalue weighted by atomic mass is 16.3. The van der Waals surface area contributed by atoms with E-state index < -0.39 is 274 Å². The van der Waals surface area contributed by atoms with E-state index in [0.29, 0.717) is 0 Å². The molecular formula is C48H30O. The smallest absolute Gasteiger partial charge is 0.143 e. The Hall–Kier alpha value is -6.44. The SMILES string of the molecule is [2H]c1cc(-c2c([2H])c([2H])c3c([2H])c([2H])c([2H])c([2H])c3c2[2H])c([2H])c(-c2c3c([2H])c([2H])c([2H])c([2H])c3c(-c3c([2H])c([2H])c([2H])c4oc5c(-c6c([2H])c([2H])c([2H])c([2H])c6[2H])c([2H])c([2H])c([2H])c5c34)c3c([2H])c([2H])c([2H])c([2H])c23)c1[2H]. The molecule has 0 unspecified atom stereocenters. The van der Waals surface area contributed by atoms with Crippen LogP contribution in [0.25, 0.3) is 98.8 Å². The first-order chi connectivity index (χ1) is 36.4. The lowest BCUT2D eigenvalue weighted by Gasteiger charge is -2.18. The molecule has 0 atom stereocenters. The molecule has 0 aliphatic heterocycles. The highest BCUT2D eigenvalue weighted by Gasteiger charge is 2.21. The van der Waals surface area contributed by atoms with Gasteiger partial charge in [-0.15, -0.1) is 0 Å². The number of benzene rings is 9. The van der Waals surface area contributed by atoms with Crippen LogP contribution in [0, 0.1) is 0 Å². The second-order valence-corrected chi connectivity index (χ2v) is 10.6. The van der Waals surface area contributed by atoms with Gasteiger partial charge in [0.15, 0.2) is 0 Å². The summed E-state index contributed by atoms with van der Waals surface area (Å²) in [5.41, 5.74) is -7.13. The Kier molecular flexibility index (Phi) is 2.56. The van der Waals surface area contributed by atoms with Crippen molar-refractivity contribution in [1.29, 1.82) is 0 Å². The lowest BCUT2D eigenvalue weighted by Crippen LogP contribution is -1.91. The average Bonchev–Trinajstić information content (AvgIpc) is 3.56. The molecule has 0 fully saturated rings. The summed E-state index contributed by atoms with van der Waals surface area (Å²) in [6, 6.07) is -25.9. The van der Waals surface area contributed by atoms with Crippen LogP contribution < -0.4 is 0 Å². The summed E-state index contributed by atoms with van der Waals surface area (Å²) in [5, 5.41) is -5.36. The van der Waals surface area contributed by atoms with Gasteiger partial charge in [0.1, 0.15) is 11.2 Å². The molecule has 1 heterocycles. The predicted molar refractivity (Wildman–Crippen MR) is 208 cm³/mol. The number of hydrogen-bond acceptors (Lipinski definition) is 1. The Labute approximate surface area is 325 Å². The van der Waals surface area contributed by atoms with Crippen molar-refractivity contribution in [3.63, 3.8) is 0 Å². The van der Waals surface area contributed by atoms with Crippen LogP contribution in [0.1, 0.15) is 39.8 Å². The molecule has 9 aromatic carbocycles. The van der Waals surface area contributed by atoms with Gasteiger partial charge in [0.2, 0.25) is 0 Å². The Morgan fingerprint density at radius 3 is 1.76 bits per heavy atom. The van der Waals surface area contributed by atoms with Crippen molar-refractivity contribution < 1.29 is 44.2 Å². The van der Waals surface area contributed by atoms with Crippen molar-refractivity contribution >= 4 is 54.3 Å². The van der Waals surface area contributed by atoms with E-state index in [0.717, 1.165) is 6.07 Å². The van der Waals surface area contributed by atoms with Crippen LogP contribution in [0.15, 0.2) is 186 Å². The summed E-state index contributed by atoms with van der Waals surface area (Å²) < 4.78 is 267. The van der Waals surface area contributed by atoms with Crippen LogP contribution in [0.4, 0.5) is 0 Å². The molecule has 228 valence electrons. The normalized spacial score (nSPS) is 20.0. The molecule has 0 saturated carbocycles. The number of para-hydroxylation sites is 1. The lowest BCUT2D eigenvalue weighted by atomic mass is 9.84. The molecule has 10 aromatic rings. The van der Waals surface area contributed by atoms with Crippen LogP contribution in [-0.2, 0) is 0 Å². The topological polar surface area (TPSA) is 13.1 Å². The van der Waals surface area contributed by atoms with Crippen LogP contribution in [-0.4, -0.2) is 0 Å². The fraction of sp³-hybridized carbons (Fsp3) is 0. The lowest BCUT2D eigenvalue weighted by molar-refractivity contribution is 0.670.